The lowest BCUT2D eigenvalue weighted by Gasteiger charge is -2.09. The third-order valence-electron chi connectivity index (χ3n) is 4.75. The molecule has 0 spiro atoms. The molecule has 0 N–H and O–H groups in total. The molecule has 0 aliphatic carbocycles. The Kier molecular flexibility index (Phi) is 5.57. The molecule has 0 atom stereocenters. The molecule has 0 amide bonds. The van der Waals surface area contributed by atoms with Gasteiger partial charge in [-0.15, -0.1) is 0 Å². The summed E-state index contributed by atoms with van der Waals surface area (Å²) in [5.41, 5.74) is 3.46. The zero-order valence-corrected chi connectivity index (χ0v) is 16.0. The predicted octanol–water partition coefficient (Wildman–Crippen LogP) is 5.83. The minimum Gasteiger partial charge on any atom is -0.494 e. The summed E-state index contributed by atoms with van der Waals surface area (Å²) in [5, 5.41) is 0. The molecular formula is C24H24N2O2. The van der Waals surface area contributed by atoms with Gasteiger partial charge in [-0.05, 0) is 67.0 Å². The standard InChI is InChI=1S/C24H24N2O2/c1-2-19-10-12-21(13-11-19)28-18-6-16-26-23-9-4-3-8-22(23)25-24(26)15-14-20-7-5-17-27-20/h3-5,7-15,17H,2,6,16,18H2,1H3/b15-14+. The summed E-state index contributed by atoms with van der Waals surface area (Å²) in [6.45, 7) is 3.66. The second-order valence-electron chi connectivity index (χ2n) is 6.66. The number of rotatable bonds is 8. The van der Waals surface area contributed by atoms with Crippen molar-refractivity contribution >= 4 is 23.2 Å². The maximum Gasteiger partial charge on any atom is 0.133 e. The zero-order chi connectivity index (χ0) is 19.2. The second-order valence-corrected chi connectivity index (χ2v) is 6.66. The van der Waals surface area contributed by atoms with Crippen molar-refractivity contribution in [2.24, 2.45) is 0 Å². The first kappa shape index (κ1) is 18.1. The Labute approximate surface area is 165 Å². The van der Waals surface area contributed by atoms with Crippen molar-refractivity contribution in [1.29, 1.82) is 0 Å². The van der Waals surface area contributed by atoms with Crippen LogP contribution in [-0.2, 0) is 13.0 Å². The van der Waals surface area contributed by atoms with Gasteiger partial charge in [0.15, 0.2) is 0 Å². The van der Waals surface area contributed by atoms with Gasteiger partial charge in [0.25, 0.3) is 0 Å². The highest BCUT2D eigenvalue weighted by Crippen LogP contribution is 2.19. The number of nitrogens with zero attached hydrogens (tertiary/aromatic N) is 2. The molecule has 0 aliphatic heterocycles. The average molecular weight is 372 g/mol. The third-order valence-corrected chi connectivity index (χ3v) is 4.75. The number of hydrogen-bond acceptors (Lipinski definition) is 3. The largest absolute Gasteiger partial charge is 0.494 e. The van der Waals surface area contributed by atoms with E-state index in [1.54, 1.807) is 6.26 Å². The fraction of sp³-hybridized carbons (Fsp3) is 0.208. The minimum absolute atomic E-state index is 0.666. The molecule has 2 aromatic heterocycles. The van der Waals surface area contributed by atoms with Crippen LogP contribution in [0.1, 0.15) is 30.5 Å². The number of para-hydroxylation sites is 2. The number of hydrogen-bond donors (Lipinski definition) is 0. The number of aryl methyl sites for hydroxylation is 2. The molecule has 0 saturated carbocycles. The molecule has 0 unspecified atom stereocenters. The first-order valence-corrected chi connectivity index (χ1v) is 9.72. The van der Waals surface area contributed by atoms with Crippen LogP contribution in [-0.4, -0.2) is 16.2 Å². The van der Waals surface area contributed by atoms with Gasteiger partial charge in [0, 0.05) is 6.54 Å². The first-order chi connectivity index (χ1) is 13.8. The van der Waals surface area contributed by atoms with Crippen LogP contribution < -0.4 is 4.74 Å². The van der Waals surface area contributed by atoms with Crippen LogP contribution in [0.25, 0.3) is 23.2 Å². The Hall–Kier alpha value is -3.27. The number of aromatic nitrogens is 2. The molecule has 0 fully saturated rings. The second kappa shape index (κ2) is 8.61. The maximum absolute atomic E-state index is 5.91. The van der Waals surface area contributed by atoms with Crippen LogP contribution in [0.3, 0.4) is 0 Å². The Bertz CT molecular complexity index is 1040. The molecule has 142 valence electrons. The molecule has 2 aromatic carbocycles. The van der Waals surface area contributed by atoms with E-state index in [0.29, 0.717) is 6.61 Å². The first-order valence-electron chi connectivity index (χ1n) is 9.72. The molecule has 4 rings (SSSR count). The van der Waals surface area contributed by atoms with Gasteiger partial charge in [-0.1, -0.05) is 31.2 Å². The van der Waals surface area contributed by atoms with Crippen molar-refractivity contribution < 1.29 is 9.15 Å². The van der Waals surface area contributed by atoms with Crippen LogP contribution in [0, 0.1) is 0 Å². The van der Waals surface area contributed by atoms with E-state index < -0.39 is 0 Å². The average Bonchev–Trinajstić information content (AvgIpc) is 3.38. The lowest BCUT2D eigenvalue weighted by Crippen LogP contribution is -2.06. The van der Waals surface area contributed by atoms with Crippen molar-refractivity contribution in [1.82, 2.24) is 9.55 Å². The Morgan fingerprint density at radius 2 is 1.86 bits per heavy atom. The van der Waals surface area contributed by atoms with Crippen molar-refractivity contribution in [2.45, 2.75) is 26.3 Å². The lowest BCUT2D eigenvalue weighted by atomic mass is 10.2. The van der Waals surface area contributed by atoms with Gasteiger partial charge in [0.1, 0.15) is 17.3 Å². The number of benzene rings is 2. The fourth-order valence-electron chi connectivity index (χ4n) is 3.23. The highest BCUT2D eigenvalue weighted by Gasteiger charge is 2.08. The molecule has 0 saturated heterocycles. The fourth-order valence-corrected chi connectivity index (χ4v) is 3.23. The van der Waals surface area contributed by atoms with E-state index in [1.807, 2.05) is 54.6 Å². The maximum atomic E-state index is 5.91. The molecule has 0 aliphatic rings. The van der Waals surface area contributed by atoms with E-state index in [2.05, 4.69) is 29.7 Å². The molecule has 28 heavy (non-hydrogen) atoms. The normalized spacial score (nSPS) is 11.5. The predicted molar refractivity (Wildman–Crippen MR) is 113 cm³/mol. The molecule has 4 heteroatoms. The lowest BCUT2D eigenvalue weighted by molar-refractivity contribution is 0.302. The van der Waals surface area contributed by atoms with Crippen LogP contribution in [0.5, 0.6) is 5.75 Å². The van der Waals surface area contributed by atoms with Crippen molar-refractivity contribution in [3.8, 4) is 5.75 Å². The summed E-state index contributed by atoms with van der Waals surface area (Å²) in [6, 6.07) is 20.4. The smallest absolute Gasteiger partial charge is 0.133 e. The van der Waals surface area contributed by atoms with Gasteiger partial charge in [-0.3, -0.25) is 0 Å². The number of ether oxygens (including phenoxy) is 1. The Balaban J connectivity index is 1.45. The van der Waals surface area contributed by atoms with Crippen LogP contribution in [0.2, 0.25) is 0 Å². The SMILES string of the molecule is CCc1ccc(OCCCn2c(/C=C/c3ccco3)nc3ccccc32)cc1. The minimum atomic E-state index is 0.666. The van der Waals surface area contributed by atoms with Crippen molar-refractivity contribution in [3.63, 3.8) is 0 Å². The number of furan rings is 1. The Morgan fingerprint density at radius 1 is 1.00 bits per heavy atom. The van der Waals surface area contributed by atoms with E-state index in [0.717, 1.165) is 47.8 Å². The molecule has 0 radical (unpaired) electrons. The quantitative estimate of drug-likeness (QED) is 0.365. The highest BCUT2D eigenvalue weighted by atomic mass is 16.5. The van der Waals surface area contributed by atoms with E-state index in [4.69, 9.17) is 14.1 Å². The van der Waals surface area contributed by atoms with Gasteiger partial charge >= 0.3 is 0 Å². The summed E-state index contributed by atoms with van der Waals surface area (Å²) in [6.07, 6.45) is 7.57. The third kappa shape index (κ3) is 4.17. The van der Waals surface area contributed by atoms with E-state index in [9.17, 15) is 0 Å². The number of fused-ring (bicyclic) bond motifs is 1. The van der Waals surface area contributed by atoms with E-state index in [1.165, 1.54) is 5.56 Å². The Morgan fingerprint density at radius 3 is 2.64 bits per heavy atom. The zero-order valence-electron chi connectivity index (χ0n) is 16.0. The molecule has 0 bridgehead atoms. The summed E-state index contributed by atoms with van der Waals surface area (Å²) in [4.78, 5) is 4.76. The summed E-state index contributed by atoms with van der Waals surface area (Å²) in [5.74, 6) is 2.66. The molecular weight excluding hydrogens is 348 g/mol. The van der Waals surface area contributed by atoms with Crippen LogP contribution in [0.4, 0.5) is 0 Å². The van der Waals surface area contributed by atoms with E-state index in [-0.39, 0.29) is 0 Å². The summed E-state index contributed by atoms with van der Waals surface area (Å²) in [7, 11) is 0. The van der Waals surface area contributed by atoms with Crippen molar-refractivity contribution in [2.75, 3.05) is 6.61 Å². The molecule has 4 nitrogen and oxygen atoms in total. The van der Waals surface area contributed by atoms with Gasteiger partial charge in [0.05, 0.1) is 23.9 Å². The number of imidazole rings is 1. The van der Waals surface area contributed by atoms with Crippen molar-refractivity contribution in [3.05, 3.63) is 84.1 Å². The van der Waals surface area contributed by atoms with Crippen LogP contribution in [0.15, 0.2) is 71.3 Å². The van der Waals surface area contributed by atoms with Crippen LogP contribution >= 0.6 is 0 Å². The van der Waals surface area contributed by atoms with Gasteiger partial charge in [-0.25, -0.2) is 4.98 Å². The van der Waals surface area contributed by atoms with Gasteiger partial charge < -0.3 is 13.7 Å². The molecule has 2 heterocycles. The van der Waals surface area contributed by atoms with Gasteiger partial charge in [0.2, 0.25) is 0 Å². The monoisotopic (exact) mass is 372 g/mol. The topological polar surface area (TPSA) is 40.2 Å². The van der Waals surface area contributed by atoms with Gasteiger partial charge in [-0.2, -0.15) is 0 Å². The highest BCUT2D eigenvalue weighted by molar-refractivity contribution is 5.79. The van der Waals surface area contributed by atoms with E-state index >= 15 is 0 Å². The summed E-state index contributed by atoms with van der Waals surface area (Å²) >= 11 is 0. The summed E-state index contributed by atoms with van der Waals surface area (Å²) < 4.78 is 13.5. The molecule has 4 aromatic rings.